The number of benzene rings is 1. The fourth-order valence-corrected chi connectivity index (χ4v) is 3.38. The lowest BCUT2D eigenvalue weighted by Gasteiger charge is -2.23. The Balaban J connectivity index is 1.76. The molecule has 1 aliphatic heterocycles. The molecule has 1 aromatic carbocycles. The molecule has 0 unspecified atom stereocenters. The molecule has 0 bridgehead atoms. The largest absolute Gasteiger partial charge is 0.381 e. The number of carbonyl (C=O) groups excluding carboxylic acids is 1. The minimum Gasteiger partial charge on any atom is -0.381 e. The molecule has 1 N–H and O–H groups in total. The van der Waals surface area contributed by atoms with Crippen LogP contribution in [-0.2, 0) is 4.74 Å². The molecule has 1 aliphatic rings. The molecule has 1 saturated heterocycles. The van der Waals surface area contributed by atoms with Crippen molar-refractivity contribution >= 4 is 17.4 Å². The van der Waals surface area contributed by atoms with Crippen molar-refractivity contribution < 1.29 is 9.53 Å². The summed E-state index contributed by atoms with van der Waals surface area (Å²) < 4.78 is 5.39. The molecule has 0 spiro atoms. The van der Waals surface area contributed by atoms with E-state index in [4.69, 9.17) is 4.74 Å². The second-order valence-corrected chi connectivity index (χ2v) is 7.44. The third-order valence-corrected chi connectivity index (χ3v) is 5.17. The smallest absolute Gasteiger partial charge is 0.253 e. The zero-order chi connectivity index (χ0) is 19.2. The second-order valence-electron chi connectivity index (χ2n) is 7.44. The predicted octanol–water partition coefficient (Wildman–Crippen LogP) is 4.13. The molecule has 2 heterocycles. The number of ether oxygens (including phenoxy) is 1. The molecule has 0 aliphatic carbocycles. The summed E-state index contributed by atoms with van der Waals surface area (Å²) >= 11 is 0. The molecule has 5 heteroatoms. The lowest BCUT2D eigenvalue weighted by atomic mass is 9.97. The van der Waals surface area contributed by atoms with Crippen molar-refractivity contribution in [3.8, 4) is 0 Å². The van der Waals surface area contributed by atoms with Gasteiger partial charge in [0.2, 0.25) is 0 Å². The average Bonchev–Trinajstić information content (AvgIpc) is 2.72. The summed E-state index contributed by atoms with van der Waals surface area (Å²) in [6, 6.07) is 12.1. The maximum absolute atomic E-state index is 12.8. The number of carbonyl (C=O) groups is 1. The molecule has 0 atom stereocenters. The van der Waals surface area contributed by atoms with Crippen molar-refractivity contribution in [1.82, 2.24) is 10.3 Å². The monoisotopic (exact) mass is 367 g/mol. The van der Waals surface area contributed by atoms with E-state index in [-0.39, 0.29) is 11.8 Å². The van der Waals surface area contributed by atoms with E-state index >= 15 is 0 Å². The Hall–Kier alpha value is -2.40. The third-order valence-electron chi connectivity index (χ3n) is 5.17. The van der Waals surface area contributed by atoms with Crippen LogP contribution in [0, 0.1) is 5.92 Å². The van der Waals surface area contributed by atoms with Gasteiger partial charge in [-0.3, -0.25) is 4.79 Å². The molecule has 1 fully saturated rings. The highest BCUT2D eigenvalue weighted by Crippen LogP contribution is 2.27. The first kappa shape index (κ1) is 19.4. The van der Waals surface area contributed by atoms with Crippen LogP contribution in [0.15, 0.2) is 42.6 Å². The quantitative estimate of drug-likeness (QED) is 0.834. The highest BCUT2D eigenvalue weighted by molar-refractivity contribution is 5.96. The molecule has 0 saturated carbocycles. The number of hydrogen-bond acceptors (Lipinski definition) is 4. The van der Waals surface area contributed by atoms with Crippen molar-refractivity contribution in [2.75, 3.05) is 31.7 Å². The number of hydrogen-bond donors (Lipinski definition) is 1. The van der Waals surface area contributed by atoms with E-state index in [2.05, 4.69) is 24.1 Å². The van der Waals surface area contributed by atoms with Crippen LogP contribution >= 0.6 is 0 Å². The highest BCUT2D eigenvalue weighted by Gasteiger charge is 2.19. The fourth-order valence-electron chi connectivity index (χ4n) is 3.38. The zero-order valence-corrected chi connectivity index (χ0v) is 16.4. The molecular weight excluding hydrogens is 338 g/mol. The fraction of sp³-hybridized carbons (Fsp3) is 0.455. The Bertz CT molecular complexity index is 755. The Morgan fingerprint density at radius 1 is 1.26 bits per heavy atom. The zero-order valence-electron chi connectivity index (χ0n) is 16.4. The third kappa shape index (κ3) is 4.86. The van der Waals surface area contributed by atoms with Crippen molar-refractivity contribution in [3.63, 3.8) is 0 Å². The van der Waals surface area contributed by atoms with Gasteiger partial charge in [-0.15, -0.1) is 0 Å². The number of rotatable bonds is 6. The van der Waals surface area contributed by atoms with Crippen LogP contribution in [0.4, 0.5) is 11.5 Å². The minimum atomic E-state index is -0.0355. The first-order valence-electron chi connectivity index (χ1n) is 9.71. The van der Waals surface area contributed by atoms with Gasteiger partial charge < -0.3 is 15.0 Å². The number of pyridine rings is 1. The topological polar surface area (TPSA) is 54.5 Å². The van der Waals surface area contributed by atoms with E-state index in [1.807, 2.05) is 48.3 Å². The summed E-state index contributed by atoms with van der Waals surface area (Å²) in [5.74, 6) is 1.54. The first-order chi connectivity index (χ1) is 13.1. The van der Waals surface area contributed by atoms with Gasteiger partial charge in [0.05, 0.1) is 5.56 Å². The van der Waals surface area contributed by atoms with Gasteiger partial charge in [-0.05, 0) is 48.4 Å². The van der Waals surface area contributed by atoms with Crippen LogP contribution in [0.1, 0.15) is 48.5 Å². The Labute approximate surface area is 161 Å². The van der Waals surface area contributed by atoms with Crippen LogP contribution < -0.4 is 10.2 Å². The molecule has 1 aromatic heterocycles. The number of amides is 1. The minimum absolute atomic E-state index is 0.0355. The van der Waals surface area contributed by atoms with Gasteiger partial charge in [-0.1, -0.05) is 32.0 Å². The number of para-hydroxylation sites is 1. The van der Waals surface area contributed by atoms with Crippen molar-refractivity contribution in [2.45, 2.75) is 32.6 Å². The second kappa shape index (κ2) is 9.00. The van der Waals surface area contributed by atoms with Gasteiger partial charge in [0.1, 0.15) is 5.82 Å². The molecule has 2 aromatic rings. The highest BCUT2D eigenvalue weighted by atomic mass is 16.5. The predicted molar refractivity (Wildman–Crippen MR) is 109 cm³/mol. The summed E-state index contributed by atoms with van der Waals surface area (Å²) in [4.78, 5) is 19.4. The molecular formula is C22H29N3O2. The van der Waals surface area contributed by atoms with Crippen molar-refractivity contribution in [3.05, 3.63) is 53.7 Å². The Morgan fingerprint density at radius 3 is 2.63 bits per heavy atom. The molecule has 0 radical (unpaired) electrons. The molecule has 27 heavy (non-hydrogen) atoms. The maximum Gasteiger partial charge on any atom is 0.253 e. The van der Waals surface area contributed by atoms with Crippen LogP contribution in [0.2, 0.25) is 0 Å². The van der Waals surface area contributed by atoms with E-state index in [9.17, 15) is 4.79 Å². The van der Waals surface area contributed by atoms with Gasteiger partial charge in [0.15, 0.2) is 0 Å². The van der Waals surface area contributed by atoms with E-state index in [1.165, 1.54) is 0 Å². The molecule has 3 rings (SSSR count). The number of nitrogens with zero attached hydrogens (tertiary/aromatic N) is 2. The Morgan fingerprint density at radius 2 is 1.96 bits per heavy atom. The van der Waals surface area contributed by atoms with Crippen LogP contribution in [0.25, 0.3) is 0 Å². The Kier molecular flexibility index (Phi) is 6.45. The van der Waals surface area contributed by atoms with E-state index in [0.717, 1.165) is 43.1 Å². The lowest BCUT2D eigenvalue weighted by Crippen LogP contribution is -2.33. The van der Waals surface area contributed by atoms with Crippen LogP contribution in [-0.4, -0.2) is 37.7 Å². The van der Waals surface area contributed by atoms with Gasteiger partial charge in [-0.25, -0.2) is 4.98 Å². The molecule has 1 amide bonds. The van der Waals surface area contributed by atoms with Gasteiger partial charge in [0, 0.05) is 38.7 Å². The number of anilines is 2. The molecule has 5 nitrogen and oxygen atoms in total. The van der Waals surface area contributed by atoms with Gasteiger partial charge in [0.25, 0.3) is 5.91 Å². The van der Waals surface area contributed by atoms with E-state index in [0.29, 0.717) is 18.0 Å². The number of aromatic nitrogens is 1. The summed E-state index contributed by atoms with van der Waals surface area (Å²) in [5, 5.41) is 3.10. The van der Waals surface area contributed by atoms with Crippen molar-refractivity contribution in [1.29, 1.82) is 0 Å². The standard InChI is InChI=1S/C22H29N3O2/c1-16(2)19-13-21(25(3)18-7-5-4-6-8-18)23-15-20(19)22(26)24-14-17-9-11-27-12-10-17/h4-8,13,15-17H,9-12,14H2,1-3H3,(H,24,26). The maximum atomic E-state index is 12.8. The average molecular weight is 367 g/mol. The van der Waals surface area contributed by atoms with Crippen LogP contribution in [0.3, 0.4) is 0 Å². The first-order valence-corrected chi connectivity index (χ1v) is 9.71. The van der Waals surface area contributed by atoms with Crippen LogP contribution in [0.5, 0.6) is 0 Å². The SMILES string of the molecule is CC(C)c1cc(N(C)c2ccccc2)ncc1C(=O)NCC1CCOCC1. The van der Waals surface area contributed by atoms with E-state index in [1.54, 1.807) is 6.20 Å². The lowest BCUT2D eigenvalue weighted by molar-refractivity contribution is 0.0642. The summed E-state index contributed by atoms with van der Waals surface area (Å²) in [6.07, 6.45) is 3.73. The molecule has 144 valence electrons. The van der Waals surface area contributed by atoms with Gasteiger partial charge in [-0.2, -0.15) is 0 Å². The summed E-state index contributed by atoms with van der Waals surface area (Å²) in [6.45, 7) is 6.50. The normalized spacial score (nSPS) is 15.0. The summed E-state index contributed by atoms with van der Waals surface area (Å²) in [7, 11) is 1.99. The number of nitrogens with one attached hydrogen (secondary N) is 1. The van der Waals surface area contributed by atoms with Crippen molar-refractivity contribution in [2.24, 2.45) is 5.92 Å². The summed E-state index contributed by atoms with van der Waals surface area (Å²) in [5.41, 5.74) is 2.76. The van der Waals surface area contributed by atoms with E-state index < -0.39 is 0 Å². The van der Waals surface area contributed by atoms with Gasteiger partial charge >= 0.3 is 0 Å².